The highest BCUT2D eigenvalue weighted by Gasteiger charge is 2.30. The molecule has 2 fully saturated rings. The third kappa shape index (κ3) is 6.09. The van der Waals surface area contributed by atoms with Gasteiger partial charge in [-0.25, -0.2) is 0 Å². The molecule has 0 atom stereocenters. The maximum absolute atomic E-state index is 2.53. The third-order valence-electron chi connectivity index (χ3n) is 6.45. The quantitative estimate of drug-likeness (QED) is 0.321. The average molecular weight is 305 g/mol. The first kappa shape index (κ1) is 18.1. The Morgan fingerprint density at radius 2 is 1.36 bits per heavy atom. The molecule has 0 heterocycles. The number of allylic oxidation sites excluding steroid dienone is 2. The van der Waals surface area contributed by atoms with E-state index >= 15 is 0 Å². The van der Waals surface area contributed by atoms with Gasteiger partial charge in [0.1, 0.15) is 0 Å². The van der Waals surface area contributed by atoms with E-state index in [0.29, 0.717) is 0 Å². The number of rotatable bonds is 8. The first-order valence-electron chi connectivity index (χ1n) is 10.5. The Morgan fingerprint density at radius 3 is 1.95 bits per heavy atom. The molecule has 0 spiro atoms. The predicted octanol–water partition coefficient (Wildman–Crippen LogP) is 7.54. The van der Waals surface area contributed by atoms with Gasteiger partial charge in [-0.1, -0.05) is 70.9 Å². The summed E-state index contributed by atoms with van der Waals surface area (Å²) in [5.74, 6) is 4.15. The number of unbranched alkanes of at least 4 members (excludes halogenated alkanes) is 3. The van der Waals surface area contributed by atoms with Gasteiger partial charge in [0.25, 0.3) is 0 Å². The monoisotopic (exact) mass is 304 g/mol. The molecule has 0 radical (unpaired) electrons. The summed E-state index contributed by atoms with van der Waals surface area (Å²) in [6.07, 6.45) is 25.6. The second kappa shape index (κ2) is 10.5. The van der Waals surface area contributed by atoms with Gasteiger partial charge >= 0.3 is 0 Å². The van der Waals surface area contributed by atoms with Crippen molar-refractivity contribution in [2.75, 3.05) is 0 Å². The minimum atomic E-state index is 0.910. The lowest BCUT2D eigenvalue weighted by Gasteiger charge is -2.37. The summed E-state index contributed by atoms with van der Waals surface area (Å²) in [5, 5.41) is 0. The van der Waals surface area contributed by atoms with Gasteiger partial charge in [0.05, 0.1) is 0 Å². The summed E-state index contributed by atoms with van der Waals surface area (Å²) in [5.41, 5.74) is 0. The summed E-state index contributed by atoms with van der Waals surface area (Å²) in [6, 6.07) is 0. The molecule has 2 aliphatic rings. The summed E-state index contributed by atoms with van der Waals surface area (Å²) in [7, 11) is 0. The molecule has 0 saturated heterocycles. The Morgan fingerprint density at radius 1 is 0.727 bits per heavy atom. The Hall–Kier alpha value is -0.260. The van der Waals surface area contributed by atoms with Crippen LogP contribution in [0.5, 0.6) is 0 Å². The fourth-order valence-electron chi connectivity index (χ4n) is 4.90. The SMILES string of the molecule is CCC/C=C/C1CCC(C2CCC(CCCCC)CC2)CC1. The van der Waals surface area contributed by atoms with Crippen LogP contribution in [-0.2, 0) is 0 Å². The summed E-state index contributed by atoms with van der Waals surface area (Å²) in [4.78, 5) is 0. The van der Waals surface area contributed by atoms with Crippen LogP contribution in [0, 0.1) is 23.7 Å². The zero-order valence-corrected chi connectivity index (χ0v) is 15.4. The van der Waals surface area contributed by atoms with E-state index in [-0.39, 0.29) is 0 Å². The Labute approximate surface area is 140 Å². The van der Waals surface area contributed by atoms with Crippen LogP contribution in [0.1, 0.15) is 104 Å². The highest BCUT2D eigenvalue weighted by atomic mass is 14.4. The molecule has 0 amide bonds. The van der Waals surface area contributed by atoms with Crippen LogP contribution >= 0.6 is 0 Å². The van der Waals surface area contributed by atoms with Crippen LogP contribution in [0.25, 0.3) is 0 Å². The lowest BCUT2D eigenvalue weighted by atomic mass is 9.68. The van der Waals surface area contributed by atoms with Crippen LogP contribution in [-0.4, -0.2) is 0 Å². The summed E-state index contributed by atoms with van der Waals surface area (Å²) < 4.78 is 0. The molecule has 0 heteroatoms. The lowest BCUT2D eigenvalue weighted by molar-refractivity contribution is 0.151. The minimum Gasteiger partial charge on any atom is -0.0883 e. The standard InChI is InChI=1S/C22H40/c1-3-5-7-9-19-11-15-21(16-12-19)22-17-13-20(14-18-22)10-8-6-4-2/h7,9,19-22H,3-6,8,10-18H2,1-2H3/b9-7+. The molecule has 2 saturated carbocycles. The Balaban J connectivity index is 1.62. The van der Waals surface area contributed by atoms with Crippen molar-refractivity contribution in [3.8, 4) is 0 Å². The molecule has 0 unspecified atom stereocenters. The fraction of sp³-hybridized carbons (Fsp3) is 0.909. The molecule has 0 bridgehead atoms. The van der Waals surface area contributed by atoms with Crippen LogP contribution in [0.15, 0.2) is 12.2 Å². The van der Waals surface area contributed by atoms with Crippen LogP contribution in [0.2, 0.25) is 0 Å². The van der Waals surface area contributed by atoms with Gasteiger partial charge in [-0.3, -0.25) is 0 Å². The van der Waals surface area contributed by atoms with Gasteiger partial charge in [0.2, 0.25) is 0 Å². The fourth-order valence-corrected chi connectivity index (χ4v) is 4.90. The van der Waals surface area contributed by atoms with Crippen molar-refractivity contribution in [1.82, 2.24) is 0 Å². The molecular formula is C22H40. The predicted molar refractivity (Wildman–Crippen MR) is 99.1 cm³/mol. The van der Waals surface area contributed by atoms with Crippen LogP contribution < -0.4 is 0 Å². The highest BCUT2D eigenvalue weighted by molar-refractivity contribution is 4.92. The second-order valence-corrected chi connectivity index (χ2v) is 8.17. The largest absolute Gasteiger partial charge is 0.0883 e. The Bertz CT molecular complexity index is 287. The van der Waals surface area contributed by atoms with E-state index in [4.69, 9.17) is 0 Å². The average Bonchev–Trinajstić information content (AvgIpc) is 2.57. The smallest absolute Gasteiger partial charge is 0.0233 e. The molecule has 0 aliphatic heterocycles. The topological polar surface area (TPSA) is 0 Å². The van der Waals surface area contributed by atoms with E-state index < -0.39 is 0 Å². The number of hydrogen-bond donors (Lipinski definition) is 0. The van der Waals surface area contributed by atoms with Crippen LogP contribution in [0.4, 0.5) is 0 Å². The van der Waals surface area contributed by atoms with Crippen molar-refractivity contribution in [2.45, 2.75) is 104 Å². The zero-order valence-electron chi connectivity index (χ0n) is 15.4. The van der Waals surface area contributed by atoms with Crippen molar-refractivity contribution < 1.29 is 0 Å². The normalized spacial score (nSPS) is 33.4. The van der Waals surface area contributed by atoms with E-state index in [2.05, 4.69) is 26.0 Å². The van der Waals surface area contributed by atoms with E-state index in [0.717, 1.165) is 23.7 Å². The second-order valence-electron chi connectivity index (χ2n) is 8.17. The van der Waals surface area contributed by atoms with E-state index in [1.165, 1.54) is 64.2 Å². The van der Waals surface area contributed by atoms with Crippen molar-refractivity contribution >= 4 is 0 Å². The van der Waals surface area contributed by atoms with Crippen molar-refractivity contribution in [3.05, 3.63) is 12.2 Å². The van der Waals surface area contributed by atoms with Gasteiger partial charge in [0.15, 0.2) is 0 Å². The van der Waals surface area contributed by atoms with Crippen molar-refractivity contribution in [3.63, 3.8) is 0 Å². The molecule has 0 N–H and O–H groups in total. The van der Waals surface area contributed by atoms with Crippen molar-refractivity contribution in [1.29, 1.82) is 0 Å². The minimum absolute atomic E-state index is 0.910. The van der Waals surface area contributed by atoms with E-state index in [1.807, 2.05) is 0 Å². The summed E-state index contributed by atoms with van der Waals surface area (Å²) in [6.45, 7) is 4.60. The third-order valence-corrected chi connectivity index (χ3v) is 6.45. The molecule has 22 heavy (non-hydrogen) atoms. The van der Waals surface area contributed by atoms with Gasteiger partial charge in [-0.15, -0.1) is 0 Å². The molecule has 0 aromatic rings. The summed E-state index contributed by atoms with van der Waals surface area (Å²) >= 11 is 0. The van der Waals surface area contributed by atoms with E-state index in [9.17, 15) is 0 Å². The van der Waals surface area contributed by atoms with Gasteiger partial charge < -0.3 is 0 Å². The first-order chi connectivity index (χ1) is 10.8. The van der Waals surface area contributed by atoms with Gasteiger partial charge in [-0.05, 0) is 68.6 Å². The molecule has 2 rings (SSSR count). The Kier molecular flexibility index (Phi) is 8.63. The van der Waals surface area contributed by atoms with Crippen LogP contribution in [0.3, 0.4) is 0 Å². The highest BCUT2D eigenvalue weighted by Crippen LogP contribution is 2.42. The molecule has 2 aliphatic carbocycles. The van der Waals surface area contributed by atoms with E-state index in [1.54, 1.807) is 25.7 Å². The van der Waals surface area contributed by atoms with Crippen molar-refractivity contribution in [2.24, 2.45) is 23.7 Å². The van der Waals surface area contributed by atoms with Gasteiger partial charge in [-0.2, -0.15) is 0 Å². The lowest BCUT2D eigenvalue weighted by Crippen LogP contribution is -2.25. The zero-order chi connectivity index (χ0) is 15.6. The molecule has 0 aromatic heterocycles. The molecular weight excluding hydrogens is 264 g/mol. The maximum Gasteiger partial charge on any atom is -0.0233 e. The first-order valence-corrected chi connectivity index (χ1v) is 10.5. The maximum atomic E-state index is 2.53. The molecule has 0 aromatic carbocycles. The molecule has 128 valence electrons. The number of hydrogen-bond acceptors (Lipinski definition) is 0. The van der Waals surface area contributed by atoms with Gasteiger partial charge in [0, 0.05) is 0 Å². The molecule has 0 nitrogen and oxygen atoms in total.